The lowest BCUT2D eigenvalue weighted by atomic mass is 10.9. The molecule has 0 unspecified atom stereocenters. The Morgan fingerprint density at radius 3 is 2.60 bits per heavy atom. The fourth-order valence-electron chi connectivity index (χ4n) is 0.0223. The summed E-state index contributed by atoms with van der Waals surface area (Å²) in [6.45, 7) is -0.583. The van der Waals surface area contributed by atoms with Crippen molar-refractivity contribution in [3.8, 4) is 0 Å². The fourth-order valence-corrected chi connectivity index (χ4v) is 0.0223. The highest BCUT2D eigenvalue weighted by molar-refractivity contribution is 5.51. The van der Waals surface area contributed by atoms with E-state index in [-0.39, 0.29) is 0 Å². The van der Waals surface area contributed by atoms with Gasteiger partial charge in [-0.1, -0.05) is 0 Å². The number of rotatable bonds is 2. The molecule has 0 aromatic heterocycles. The Morgan fingerprint density at radius 2 is 2.60 bits per heavy atom. The topological polar surface area (TPSA) is 26.3 Å². The van der Waals surface area contributed by atoms with Crippen molar-refractivity contribution in [3.05, 3.63) is 0 Å². The van der Waals surface area contributed by atoms with Crippen molar-refractivity contribution < 1.29 is 14.3 Å². The van der Waals surface area contributed by atoms with Crippen LogP contribution in [0, 0.1) is 0 Å². The summed E-state index contributed by atoms with van der Waals surface area (Å²) in [5.41, 5.74) is 0. The van der Waals surface area contributed by atoms with E-state index in [1.54, 1.807) is 0 Å². The summed E-state index contributed by atoms with van der Waals surface area (Å²) in [5.74, 6) is 0. The fraction of sp³-hybridized carbons (Fsp3) is 0.500. The van der Waals surface area contributed by atoms with E-state index in [0.29, 0.717) is 0 Å². The molecule has 0 amide bonds. The summed E-state index contributed by atoms with van der Waals surface area (Å²) in [7, 11) is 0. The molecule has 0 rings (SSSR count). The number of carbonyl (C=O) groups excluding carboxylic acids is 1. The molecule has 3 heteroatoms. The molecular formula is C2H2FO2. The third-order valence-corrected chi connectivity index (χ3v) is 0.113. The van der Waals surface area contributed by atoms with Gasteiger partial charge < -0.3 is 0 Å². The van der Waals surface area contributed by atoms with E-state index in [2.05, 4.69) is 4.94 Å². The predicted molar refractivity (Wildman–Crippen MR) is 12.8 cm³/mol. The lowest BCUT2D eigenvalue weighted by Crippen LogP contribution is -1.80. The minimum Gasteiger partial charge on any atom is -0.288 e. The van der Waals surface area contributed by atoms with Gasteiger partial charge in [-0.15, -0.1) is 0 Å². The van der Waals surface area contributed by atoms with Crippen LogP contribution in [0.1, 0.15) is 0 Å². The SMILES string of the molecule is O=[C]COF. The maximum atomic E-state index is 10.2. The number of hydrogen-bond acceptors (Lipinski definition) is 2. The molecule has 2 nitrogen and oxygen atoms in total. The average molecular weight is 77.0 g/mol. The largest absolute Gasteiger partial charge is 0.288 e. The second-order valence-electron chi connectivity index (χ2n) is 0.398. The van der Waals surface area contributed by atoms with Crippen LogP contribution in [-0.2, 0) is 9.74 Å². The molecule has 0 bridgehead atoms. The Hall–Kier alpha value is -0.440. The quantitative estimate of drug-likeness (QED) is 0.463. The van der Waals surface area contributed by atoms with Gasteiger partial charge in [0.1, 0.15) is 0 Å². The van der Waals surface area contributed by atoms with Crippen LogP contribution in [0.2, 0.25) is 0 Å². The number of halogens is 1. The van der Waals surface area contributed by atoms with E-state index in [4.69, 9.17) is 4.79 Å². The number of hydrogen-bond donors (Lipinski definition) is 0. The molecule has 0 heterocycles. The Morgan fingerprint density at radius 1 is 2.00 bits per heavy atom. The monoisotopic (exact) mass is 77.0 g/mol. The first-order valence-corrected chi connectivity index (χ1v) is 1.00. The van der Waals surface area contributed by atoms with Gasteiger partial charge in [-0.05, 0) is 4.53 Å². The molecule has 5 heavy (non-hydrogen) atoms. The van der Waals surface area contributed by atoms with Gasteiger partial charge >= 0.3 is 0 Å². The summed E-state index contributed by atoms with van der Waals surface area (Å²) in [6.07, 6.45) is 1.17. The minimum atomic E-state index is -0.583. The Balaban J connectivity index is 2.40. The molecule has 0 saturated heterocycles. The summed E-state index contributed by atoms with van der Waals surface area (Å²) in [6, 6.07) is 0. The van der Waals surface area contributed by atoms with E-state index < -0.39 is 6.61 Å². The Bertz CT molecular complexity index is 28.8. The van der Waals surface area contributed by atoms with E-state index in [1.165, 1.54) is 6.29 Å². The van der Waals surface area contributed by atoms with Crippen molar-refractivity contribution >= 4 is 6.29 Å². The van der Waals surface area contributed by atoms with Crippen LogP contribution in [0.4, 0.5) is 4.53 Å². The van der Waals surface area contributed by atoms with Gasteiger partial charge in [0.05, 0.1) is 0 Å². The van der Waals surface area contributed by atoms with E-state index in [0.717, 1.165) is 0 Å². The molecule has 1 radical (unpaired) electrons. The predicted octanol–water partition coefficient (Wildman–Crippen LogP) is -0.00280. The zero-order valence-corrected chi connectivity index (χ0v) is 2.40. The smallest absolute Gasteiger partial charge is 0.230 e. The molecule has 0 spiro atoms. The van der Waals surface area contributed by atoms with Crippen LogP contribution in [0.5, 0.6) is 0 Å². The zero-order chi connectivity index (χ0) is 4.12. The first-order chi connectivity index (χ1) is 2.41. The van der Waals surface area contributed by atoms with Gasteiger partial charge in [0.25, 0.3) is 0 Å². The first-order valence-electron chi connectivity index (χ1n) is 1.00. The maximum absolute atomic E-state index is 10.2. The van der Waals surface area contributed by atoms with Crippen molar-refractivity contribution in [2.75, 3.05) is 6.61 Å². The molecule has 0 N–H and O–H groups in total. The summed E-state index contributed by atoms with van der Waals surface area (Å²) < 4.78 is 10.2. The lowest BCUT2D eigenvalue weighted by molar-refractivity contribution is -0.112. The standard InChI is InChI=1S/C2H2FO2/c3-5-2-1-4/h2H2. The van der Waals surface area contributed by atoms with Gasteiger partial charge in [-0.25, -0.2) is 0 Å². The van der Waals surface area contributed by atoms with Gasteiger partial charge in [0.2, 0.25) is 6.29 Å². The Labute approximate surface area is 28.4 Å². The lowest BCUT2D eigenvalue weighted by Gasteiger charge is -1.66. The van der Waals surface area contributed by atoms with E-state index in [9.17, 15) is 4.53 Å². The van der Waals surface area contributed by atoms with E-state index in [1.807, 2.05) is 0 Å². The van der Waals surface area contributed by atoms with Crippen molar-refractivity contribution in [3.63, 3.8) is 0 Å². The van der Waals surface area contributed by atoms with Crippen LogP contribution in [-0.4, -0.2) is 12.9 Å². The molecule has 0 aliphatic heterocycles. The van der Waals surface area contributed by atoms with Crippen LogP contribution in [0.15, 0.2) is 0 Å². The molecule has 0 aliphatic rings. The van der Waals surface area contributed by atoms with Crippen molar-refractivity contribution in [2.24, 2.45) is 0 Å². The van der Waals surface area contributed by atoms with Gasteiger partial charge in [0.15, 0.2) is 6.61 Å². The van der Waals surface area contributed by atoms with Gasteiger partial charge in [-0.2, -0.15) is 4.94 Å². The van der Waals surface area contributed by atoms with Crippen LogP contribution >= 0.6 is 0 Å². The molecule has 0 aromatic carbocycles. The molecule has 0 aromatic rings. The third kappa shape index (κ3) is 3.56. The highest BCUT2D eigenvalue weighted by Gasteiger charge is 1.72. The highest BCUT2D eigenvalue weighted by Crippen LogP contribution is 1.61. The maximum Gasteiger partial charge on any atom is 0.230 e. The third-order valence-electron chi connectivity index (χ3n) is 0.113. The van der Waals surface area contributed by atoms with Crippen LogP contribution in [0.3, 0.4) is 0 Å². The minimum absolute atomic E-state index is 0.583. The van der Waals surface area contributed by atoms with Gasteiger partial charge in [0, 0.05) is 0 Å². The summed E-state index contributed by atoms with van der Waals surface area (Å²) in [4.78, 5) is 11.7. The molecule has 0 saturated carbocycles. The highest BCUT2D eigenvalue weighted by atomic mass is 19.3. The van der Waals surface area contributed by atoms with Crippen LogP contribution in [0.25, 0.3) is 0 Å². The summed E-state index contributed by atoms with van der Waals surface area (Å²) in [5, 5.41) is 0. The normalized spacial score (nSPS) is 7.40. The van der Waals surface area contributed by atoms with Crippen molar-refractivity contribution in [2.45, 2.75) is 0 Å². The molecular weight excluding hydrogens is 75.0 g/mol. The second kappa shape index (κ2) is 3.56. The van der Waals surface area contributed by atoms with Gasteiger partial charge in [-0.3, -0.25) is 4.79 Å². The Kier molecular flexibility index (Phi) is 3.25. The second-order valence-corrected chi connectivity index (χ2v) is 0.398. The van der Waals surface area contributed by atoms with Crippen LogP contribution < -0.4 is 0 Å². The zero-order valence-electron chi connectivity index (χ0n) is 2.40. The first kappa shape index (κ1) is 4.56. The molecule has 29 valence electrons. The van der Waals surface area contributed by atoms with Crippen molar-refractivity contribution in [1.82, 2.24) is 0 Å². The molecule has 0 aliphatic carbocycles. The van der Waals surface area contributed by atoms with E-state index >= 15 is 0 Å². The molecule has 0 atom stereocenters. The summed E-state index contributed by atoms with van der Waals surface area (Å²) >= 11 is 0. The average Bonchev–Trinajstić information content (AvgIpc) is 1.41. The molecule has 0 fully saturated rings. The van der Waals surface area contributed by atoms with Crippen molar-refractivity contribution in [1.29, 1.82) is 0 Å².